The number of nitrogens with zero attached hydrogens (tertiary/aromatic N) is 2. The maximum absolute atomic E-state index is 5.37. The fourth-order valence-corrected chi connectivity index (χ4v) is 3.03. The summed E-state index contributed by atoms with van der Waals surface area (Å²) in [6.45, 7) is 8.04. The first-order valence-corrected chi connectivity index (χ1v) is 8.03. The van der Waals surface area contributed by atoms with Crippen LogP contribution in [0.2, 0.25) is 0 Å². The van der Waals surface area contributed by atoms with Gasteiger partial charge in [-0.3, -0.25) is 0 Å². The van der Waals surface area contributed by atoms with Gasteiger partial charge in [0, 0.05) is 30.7 Å². The zero-order valence-corrected chi connectivity index (χ0v) is 13.9. The van der Waals surface area contributed by atoms with Crippen LogP contribution < -0.4 is 4.74 Å². The van der Waals surface area contributed by atoms with Gasteiger partial charge in [-0.1, -0.05) is 13.8 Å². The lowest BCUT2D eigenvalue weighted by Gasteiger charge is -2.20. The van der Waals surface area contributed by atoms with Gasteiger partial charge in [0.25, 0.3) is 0 Å². The summed E-state index contributed by atoms with van der Waals surface area (Å²) >= 11 is 0. The Morgan fingerprint density at radius 2 is 1.81 bits per heavy atom. The molecule has 0 aliphatic heterocycles. The van der Waals surface area contributed by atoms with Gasteiger partial charge in [-0.05, 0) is 56.1 Å². The molecule has 116 valence electrons. The van der Waals surface area contributed by atoms with Crippen LogP contribution in [0.4, 0.5) is 0 Å². The average Bonchev–Trinajstić information content (AvgIpc) is 2.81. The van der Waals surface area contributed by atoms with E-state index in [0.29, 0.717) is 0 Å². The van der Waals surface area contributed by atoms with Crippen LogP contribution in [0.15, 0.2) is 24.4 Å². The molecule has 1 heterocycles. The van der Waals surface area contributed by atoms with E-state index in [1.807, 2.05) is 6.07 Å². The molecular formula is C18H28N2O. The number of methoxy groups -OCH3 is 1. The molecule has 2 aromatic rings. The van der Waals surface area contributed by atoms with E-state index in [1.54, 1.807) is 7.11 Å². The van der Waals surface area contributed by atoms with Crippen molar-refractivity contribution in [1.29, 1.82) is 0 Å². The number of aryl methyl sites for hydroxylation is 1. The van der Waals surface area contributed by atoms with E-state index in [4.69, 9.17) is 4.74 Å². The van der Waals surface area contributed by atoms with E-state index < -0.39 is 0 Å². The van der Waals surface area contributed by atoms with Crippen molar-refractivity contribution >= 4 is 10.9 Å². The third-order valence-electron chi connectivity index (χ3n) is 4.06. The summed E-state index contributed by atoms with van der Waals surface area (Å²) in [5, 5.41) is 1.32. The SMILES string of the molecule is CCCN(CCC)CCc1cn(C)c2ccc(OC)cc12. The molecule has 0 fully saturated rings. The fourth-order valence-electron chi connectivity index (χ4n) is 3.03. The molecule has 3 heteroatoms. The molecule has 0 amide bonds. The minimum absolute atomic E-state index is 0.939. The highest BCUT2D eigenvalue weighted by Gasteiger charge is 2.10. The van der Waals surface area contributed by atoms with Crippen molar-refractivity contribution < 1.29 is 4.74 Å². The van der Waals surface area contributed by atoms with E-state index in [-0.39, 0.29) is 0 Å². The second kappa shape index (κ2) is 7.51. The molecule has 0 atom stereocenters. The van der Waals surface area contributed by atoms with Crippen molar-refractivity contribution in [1.82, 2.24) is 9.47 Å². The summed E-state index contributed by atoms with van der Waals surface area (Å²) in [6.07, 6.45) is 5.82. The first kappa shape index (κ1) is 15.9. The molecule has 0 aliphatic rings. The van der Waals surface area contributed by atoms with E-state index in [1.165, 1.54) is 42.4 Å². The maximum atomic E-state index is 5.37. The van der Waals surface area contributed by atoms with Gasteiger partial charge in [-0.2, -0.15) is 0 Å². The van der Waals surface area contributed by atoms with Crippen molar-refractivity contribution in [2.75, 3.05) is 26.7 Å². The van der Waals surface area contributed by atoms with Gasteiger partial charge in [-0.15, -0.1) is 0 Å². The molecule has 0 unspecified atom stereocenters. The summed E-state index contributed by atoms with van der Waals surface area (Å²) in [4.78, 5) is 2.57. The normalized spacial score (nSPS) is 11.5. The Bertz CT molecular complexity index is 568. The topological polar surface area (TPSA) is 17.4 Å². The van der Waals surface area contributed by atoms with Crippen LogP contribution in [-0.2, 0) is 13.5 Å². The molecule has 0 saturated carbocycles. The zero-order chi connectivity index (χ0) is 15.2. The Morgan fingerprint density at radius 3 is 2.43 bits per heavy atom. The molecule has 0 radical (unpaired) electrons. The highest BCUT2D eigenvalue weighted by Crippen LogP contribution is 2.25. The Kier molecular flexibility index (Phi) is 5.68. The third-order valence-corrected chi connectivity index (χ3v) is 4.06. The summed E-state index contributed by atoms with van der Waals surface area (Å²) < 4.78 is 7.59. The summed E-state index contributed by atoms with van der Waals surface area (Å²) in [7, 11) is 3.85. The molecule has 0 spiro atoms. The van der Waals surface area contributed by atoms with E-state index >= 15 is 0 Å². The van der Waals surface area contributed by atoms with Crippen molar-refractivity contribution in [3.8, 4) is 5.75 Å². The predicted octanol–water partition coefficient (Wildman–Crippen LogP) is 3.85. The number of benzene rings is 1. The standard InChI is InChI=1S/C18H28N2O/c1-5-10-20(11-6-2)12-9-15-14-19(3)18-8-7-16(21-4)13-17(15)18/h7-8,13-14H,5-6,9-12H2,1-4H3. The molecule has 0 saturated heterocycles. The van der Waals surface area contributed by atoms with Gasteiger partial charge in [0.1, 0.15) is 5.75 Å². The van der Waals surface area contributed by atoms with Crippen LogP contribution in [-0.4, -0.2) is 36.2 Å². The Labute approximate surface area is 128 Å². The Balaban J connectivity index is 2.17. The van der Waals surface area contributed by atoms with Gasteiger partial charge in [0.15, 0.2) is 0 Å². The first-order valence-electron chi connectivity index (χ1n) is 8.03. The van der Waals surface area contributed by atoms with Crippen molar-refractivity contribution in [2.45, 2.75) is 33.1 Å². The second-order valence-corrected chi connectivity index (χ2v) is 5.74. The maximum Gasteiger partial charge on any atom is 0.119 e. The fraction of sp³-hybridized carbons (Fsp3) is 0.556. The molecule has 0 bridgehead atoms. The molecule has 1 aromatic carbocycles. The molecule has 0 N–H and O–H groups in total. The Hall–Kier alpha value is -1.48. The largest absolute Gasteiger partial charge is 0.497 e. The van der Waals surface area contributed by atoms with Crippen LogP contribution in [0.3, 0.4) is 0 Å². The highest BCUT2D eigenvalue weighted by molar-refractivity contribution is 5.85. The average molecular weight is 288 g/mol. The number of hydrogen-bond donors (Lipinski definition) is 0. The summed E-state index contributed by atoms with van der Waals surface area (Å²) in [5.74, 6) is 0.939. The molecular weight excluding hydrogens is 260 g/mol. The van der Waals surface area contributed by atoms with Gasteiger partial charge < -0.3 is 14.2 Å². The number of fused-ring (bicyclic) bond motifs is 1. The predicted molar refractivity (Wildman–Crippen MR) is 90.2 cm³/mol. The van der Waals surface area contributed by atoms with Crippen LogP contribution in [0.1, 0.15) is 32.3 Å². The van der Waals surface area contributed by atoms with Gasteiger partial charge in [0.05, 0.1) is 7.11 Å². The minimum atomic E-state index is 0.939. The van der Waals surface area contributed by atoms with Gasteiger partial charge in [-0.25, -0.2) is 0 Å². The number of hydrogen-bond acceptors (Lipinski definition) is 2. The number of aromatic nitrogens is 1. The highest BCUT2D eigenvalue weighted by atomic mass is 16.5. The van der Waals surface area contributed by atoms with Crippen LogP contribution >= 0.6 is 0 Å². The van der Waals surface area contributed by atoms with E-state index in [9.17, 15) is 0 Å². The van der Waals surface area contributed by atoms with Crippen LogP contribution in [0.5, 0.6) is 5.75 Å². The molecule has 3 nitrogen and oxygen atoms in total. The van der Waals surface area contributed by atoms with E-state index in [0.717, 1.165) is 18.7 Å². The Morgan fingerprint density at radius 1 is 1.10 bits per heavy atom. The smallest absolute Gasteiger partial charge is 0.119 e. The van der Waals surface area contributed by atoms with Crippen molar-refractivity contribution in [2.24, 2.45) is 7.05 Å². The summed E-state index contributed by atoms with van der Waals surface area (Å²) in [6, 6.07) is 6.34. The lowest BCUT2D eigenvalue weighted by molar-refractivity contribution is 0.278. The molecule has 2 rings (SSSR count). The molecule has 1 aromatic heterocycles. The van der Waals surface area contributed by atoms with Crippen molar-refractivity contribution in [3.63, 3.8) is 0 Å². The quantitative estimate of drug-likeness (QED) is 0.734. The lowest BCUT2D eigenvalue weighted by Crippen LogP contribution is -2.27. The van der Waals surface area contributed by atoms with Crippen molar-refractivity contribution in [3.05, 3.63) is 30.0 Å². The number of ether oxygens (including phenoxy) is 1. The van der Waals surface area contributed by atoms with Crippen LogP contribution in [0.25, 0.3) is 10.9 Å². The first-order chi connectivity index (χ1) is 10.2. The lowest BCUT2D eigenvalue weighted by atomic mass is 10.1. The molecule has 21 heavy (non-hydrogen) atoms. The zero-order valence-electron chi connectivity index (χ0n) is 13.9. The second-order valence-electron chi connectivity index (χ2n) is 5.74. The van der Waals surface area contributed by atoms with Gasteiger partial charge in [0.2, 0.25) is 0 Å². The number of rotatable bonds is 8. The third kappa shape index (κ3) is 3.79. The van der Waals surface area contributed by atoms with E-state index in [2.05, 4.69) is 48.7 Å². The minimum Gasteiger partial charge on any atom is -0.497 e. The van der Waals surface area contributed by atoms with Gasteiger partial charge >= 0.3 is 0 Å². The van der Waals surface area contributed by atoms with Crippen LogP contribution in [0, 0.1) is 0 Å². The monoisotopic (exact) mass is 288 g/mol. The molecule has 0 aliphatic carbocycles. The summed E-state index contributed by atoms with van der Waals surface area (Å²) in [5.41, 5.74) is 2.70.